The van der Waals surface area contributed by atoms with Gasteiger partial charge in [-0.15, -0.1) is 10.2 Å². The second-order valence-corrected chi connectivity index (χ2v) is 6.55. The molecule has 1 atom stereocenters. The van der Waals surface area contributed by atoms with E-state index in [1.165, 1.54) is 23.9 Å². The normalized spacial score (nSPS) is 12.5. The van der Waals surface area contributed by atoms with E-state index in [0.717, 1.165) is 0 Å². The van der Waals surface area contributed by atoms with Gasteiger partial charge < -0.3 is 14.6 Å². The van der Waals surface area contributed by atoms with Gasteiger partial charge in [-0.2, -0.15) is 8.78 Å². The maximum atomic E-state index is 12.4. The number of thioether (sulfide) groups is 1. The van der Waals surface area contributed by atoms with E-state index in [1.807, 2.05) is 18.4 Å². The van der Waals surface area contributed by atoms with Crippen molar-refractivity contribution in [2.45, 2.75) is 43.8 Å². The van der Waals surface area contributed by atoms with Crippen LogP contribution in [0.25, 0.3) is 0 Å². The average molecular weight is 356 g/mol. The van der Waals surface area contributed by atoms with Gasteiger partial charge in [-0.25, -0.2) is 0 Å². The third-order valence-corrected chi connectivity index (χ3v) is 4.18. The minimum absolute atomic E-state index is 0.0802. The summed E-state index contributed by atoms with van der Waals surface area (Å²) in [5.74, 6) is -0.424. The Balaban J connectivity index is 2.05. The van der Waals surface area contributed by atoms with Gasteiger partial charge in [-0.3, -0.25) is 4.79 Å². The summed E-state index contributed by atoms with van der Waals surface area (Å²) in [4.78, 5) is 12.3. The number of halogens is 2. The molecule has 130 valence electrons. The zero-order valence-corrected chi connectivity index (χ0v) is 14.3. The van der Waals surface area contributed by atoms with E-state index in [1.54, 1.807) is 25.4 Å². The molecule has 0 saturated carbocycles. The summed E-state index contributed by atoms with van der Waals surface area (Å²) >= 11 is 1.24. The van der Waals surface area contributed by atoms with Crippen molar-refractivity contribution in [1.29, 1.82) is 0 Å². The van der Waals surface area contributed by atoms with Gasteiger partial charge in [0.2, 0.25) is 5.91 Å². The van der Waals surface area contributed by atoms with Crippen molar-refractivity contribution in [3.63, 3.8) is 0 Å². The molecule has 1 unspecified atom stereocenters. The van der Waals surface area contributed by atoms with Crippen molar-refractivity contribution >= 4 is 23.4 Å². The number of carbonyl (C=O) groups is 1. The van der Waals surface area contributed by atoms with Crippen LogP contribution in [0.1, 0.15) is 26.8 Å². The number of anilines is 1. The second kappa shape index (κ2) is 8.09. The van der Waals surface area contributed by atoms with Crippen LogP contribution >= 0.6 is 11.8 Å². The van der Waals surface area contributed by atoms with Crippen molar-refractivity contribution in [3.8, 4) is 5.75 Å². The number of amides is 1. The Morgan fingerprint density at radius 1 is 1.29 bits per heavy atom. The molecule has 24 heavy (non-hydrogen) atoms. The molecule has 0 spiro atoms. The Morgan fingerprint density at radius 2 is 2.00 bits per heavy atom. The fourth-order valence-corrected chi connectivity index (χ4v) is 2.84. The first-order chi connectivity index (χ1) is 11.4. The zero-order chi connectivity index (χ0) is 17.7. The van der Waals surface area contributed by atoms with Crippen LogP contribution in [-0.2, 0) is 4.79 Å². The van der Waals surface area contributed by atoms with Gasteiger partial charge in [-0.05, 0) is 32.9 Å². The number of hydrogen-bond acceptors (Lipinski definition) is 5. The topological polar surface area (TPSA) is 69.0 Å². The maximum absolute atomic E-state index is 12.4. The summed E-state index contributed by atoms with van der Waals surface area (Å²) < 4.78 is 31.1. The van der Waals surface area contributed by atoms with E-state index in [4.69, 9.17) is 0 Å². The SMILES string of the molecule is CC(Sc1nncn1C(C)C)C(=O)Nc1ccccc1OC(F)F. The molecule has 9 heteroatoms. The molecule has 1 aromatic carbocycles. The third-order valence-electron chi connectivity index (χ3n) is 3.11. The lowest BCUT2D eigenvalue weighted by molar-refractivity contribution is -0.115. The number of ether oxygens (including phenoxy) is 1. The molecular weight excluding hydrogens is 338 g/mol. The van der Waals surface area contributed by atoms with E-state index < -0.39 is 11.9 Å². The van der Waals surface area contributed by atoms with Crippen molar-refractivity contribution in [2.24, 2.45) is 0 Å². The highest BCUT2D eigenvalue weighted by Gasteiger charge is 2.20. The minimum atomic E-state index is -2.96. The summed E-state index contributed by atoms with van der Waals surface area (Å²) in [6.07, 6.45) is 1.60. The second-order valence-electron chi connectivity index (χ2n) is 5.24. The summed E-state index contributed by atoms with van der Waals surface area (Å²) in [6.45, 7) is 2.71. The quantitative estimate of drug-likeness (QED) is 0.768. The van der Waals surface area contributed by atoms with E-state index in [2.05, 4.69) is 20.3 Å². The molecule has 0 aliphatic heterocycles. The highest BCUT2D eigenvalue weighted by atomic mass is 32.2. The molecule has 0 radical (unpaired) electrons. The number of carbonyl (C=O) groups excluding carboxylic acids is 1. The van der Waals surface area contributed by atoms with E-state index in [9.17, 15) is 13.6 Å². The predicted molar refractivity (Wildman–Crippen MR) is 87.4 cm³/mol. The number of hydrogen-bond donors (Lipinski definition) is 1. The highest BCUT2D eigenvalue weighted by Crippen LogP contribution is 2.28. The van der Waals surface area contributed by atoms with Crippen LogP contribution in [0.3, 0.4) is 0 Å². The van der Waals surface area contributed by atoms with Gasteiger partial charge in [0, 0.05) is 6.04 Å². The molecule has 0 bridgehead atoms. The molecule has 2 aromatic rings. The molecule has 0 aliphatic rings. The largest absolute Gasteiger partial charge is 0.433 e. The number of nitrogens with zero attached hydrogens (tertiary/aromatic N) is 3. The van der Waals surface area contributed by atoms with Crippen molar-refractivity contribution in [2.75, 3.05) is 5.32 Å². The molecule has 1 aromatic heterocycles. The number of nitrogens with one attached hydrogen (secondary N) is 1. The molecule has 1 amide bonds. The fourth-order valence-electron chi connectivity index (χ4n) is 1.89. The Kier molecular flexibility index (Phi) is 6.13. The van der Waals surface area contributed by atoms with Crippen molar-refractivity contribution < 1.29 is 18.3 Å². The molecule has 1 heterocycles. The monoisotopic (exact) mass is 356 g/mol. The summed E-state index contributed by atoms with van der Waals surface area (Å²) in [6, 6.07) is 6.22. The maximum Gasteiger partial charge on any atom is 0.387 e. The molecule has 0 aliphatic carbocycles. The minimum Gasteiger partial charge on any atom is -0.433 e. The number of aromatic nitrogens is 3. The van der Waals surface area contributed by atoms with Gasteiger partial charge in [0.15, 0.2) is 5.16 Å². The van der Waals surface area contributed by atoms with Gasteiger partial charge >= 0.3 is 6.61 Å². The molecule has 0 saturated heterocycles. The van der Waals surface area contributed by atoms with Gasteiger partial charge in [0.25, 0.3) is 0 Å². The van der Waals surface area contributed by atoms with Crippen molar-refractivity contribution in [3.05, 3.63) is 30.6 Å². The van der Waals surface area contributed by atoms with Gasteiger partial charge in [0.05, 0.1) is 10.9 Å². The predicted octanol–water partition coefficient (Wildman–Crippen LogP) is 3.58. The molecule has 0 fully saturated rings. The summed E-state index contributed by atoms with van der Waals surface area (Å²) in [7, 11) is 0. The standard InChI is InChI=1S/C15H18F2N4O2S/c1-9(2)21-8-18-20-15(21)24-10(3)13(22)19-11-6-4-5-7-12(11)23-14(16)17/h4-10,14H,1-3H3,(H,19,22). The lowest BCUT2D eigenvalue weighted by Gasteiger charge is -2.15. The summed E-state index contributed by atoms with van der Waals surface area (Å²) in [5, 5.41) is 10.6. The Labute approximate surface area is 142 Å². The highest BCUT2D eigenvalue weighted by molar-refractivity contribution is 8.00. The lowest BCUT2D eigenvalue weighted by atomic mass is 10.3. The number of para-hydroxylation sites is 2. The average Bonchev–Trinajstić information content (AvgIpc) is 2.97. The number of rotatable bonds is 7. The Bertz CT molecular complexity index is 694. The number of alkyl halides is 2. The first-order valence-electron chi connectivity index (χ1n) is 7.29. The zero-order valence-electron chi connectivity index (χ0n) is 13.4. The van der Waals surface area contributed by atoms with Crippen LogP contribution in [0, 0.1) is 0 Å². The van der Waals surface area contributed by atoms with Gasteiger partial charge in [-0.1, -0.05) is 23.9 Å². The van der Waals surface area contributed by atoms with Gasteiger partial charge in [0.1, 0.15) is 12.1 Å². The van der Waals surface area contributed by atoms with Crippen LogP contribution < -0.4 is 10.1 Å². The fraction of sp³-hybridized carbons (Fsp3) is 0.400. The number of benzene rings is 1. The van der Waals surface area contributed by atoms with E-state index >= 15 is 0 Å². The van der Waals surface area contributed by atoms with Crippen LogP contribution in [-0.4, -0.2) is 32.5 Å². The molecule has 1 N–H and O–H groups in total. The first-order valence-corrected chi connectivity index (χ1v) is 8.17. The molecule has 6 nitrogen and oxygen atoms in total. The summed E-state index contributed by atoms with van der Waals surface area (Å²) in [5.41, 5.74) is 0.195. The van der Waals surface area contributed by atoms with Crippen LogP contribution in [0.15, 0.2) is 35.7 Å². The first kappa shape index (κ1) is 18.2. The van der Waals surface area contributed by atoms with Crippen molar-refractivity contribution in [1.82, 2.24) is 14.8 Å². The van der Waals surface area contributed by atoms with Crippen LogP contribution in [0.2, 0.25) is 0 Å². The lowest BCUT2D eigenvalue weighted by Crippen LogP contribution is -2.23. The van der Waals surface area contributed by atoms with Crippen LogP contribution in [0.4, 0.5) is 14.5 Å². The Hall–Kier alpha value is -2.16. The molecule has 2 rings (SSSR count). The van der Waals surface area contributed by atoms with E-state index in [0.29, 0.717) is 5.16 Å². The third kappa shape index (κ3) is 4.67. The van der Waals surface area contributed by atoms with E-state index in [-0.39, 0.29) is 23.4 Å². The van der Waals surface area contributed by atoms with Crippen LogP contribution in [0.5, 0.6) is 5.75 Å². The Morgan fingerprint density at radius 3 is 2.67 bits per heavy atom. The smallest absolute Gasteiger partial charge is 0.387 e. The molecular formula is C15H18F2N4O2S.